The maximum Gasteiger partial charge on any atom is 0.164 e. The van der Waals surface area contributed by atoms with Crippen molar-refractivity contribution in [1.29, 1.82) is 0 Å². The normalized spacial score (nSPS) is 12.2. The third kappa shape index (κ3) is 7.11. The first-order valence-electron chi connectivity index (χ1n) is 14.2. The van der Waals surface area contributed by atoms with Crippen LogP contribution in [-0.4, -0.2) is 15.9 Å². The van der Waals surface area contributed by atoms with E-state index in [0.717, 1.165) is 70.1 Å². The molecule has 0 spiro atoms. The molecule has 0 aliphatic carbocycles. The Kier molecular flexibility index (Phi) is 11.5. The van der Waals surface area contributed by atoms with Crippen LogP contribution in [0.1, 0.15) is 84.1 Å². The molecule has 2 heterocycles. The molecule has 0 saturated carbocycles. The summed E-state index contributed by atoms with van der Waals surface area (Å²) in [6.07, 6.45) is 4.75. The minimum atomic E-state index is -0.337. The molecule has 0 unspecified atom stereocenters. The molecule has 217 valence electrons. The molecule has 0 bridgehead atoms. The first-order valence-corrected chi connectivity index (χ1v) is 14.2. The van der Waals surface area contributed by atoms with Crippen LogP contribution in [0.2, 0.25) is 0 Å². The molecule has 40 heavy (non-hydrogen) atoms. The smallest absolute Gasteiger partial charge is 0.164 e. The summed E-state index contributed by atoms with van der Waals surface area (Å²) in [7, 11) is 0. The fraction of sp³-hybridized carbons (Fsp3) is 0.429. The Hall–Kier alpha value is -2.75. The molecule has 4 rings (SSSR count). The maximum absolute atomic E-state index is 12.2. The minimum absolute atomic E-state index is 0. The molecule has 2 aromatic heterocycles. The van der Waals surface area contributed by atoms with Gasteiger partial charge in [-0.15, -0.1) is 34.9 Å². The summed E-state index contributed by atoms with van der Waals surface area (Å²) in [4.78, 5) is 17.0. The van der Waals surface area contributed by atoms with Crippen LogP contribution in [0.25, 0.3) is 33.1 Å². The quantitative estimate of drug-likeness (QED) is 0.112. The summed E-state index contributed by atoms with van der Waals surface area (Å²) < 4.78 is 5.96. The van der Waals surface area contributed by atoms with Gasteiger partial charge in [0.2, 0.25) is 0 Å². The number of nitrogens with zero attached hydrogens (tertiary/aromatic N) is 1. The number of ketones is 1. The Balaban J connectivity index is 0.000000285. The molecule has 1 radical (unpaired) electrons. The monoisotopic (exact) mass is 719 g/mol. The molecule has 0 saturated heterocycles. The van der Waals surface area contributed by atoms with Gasteiger partial charge in [-0.3, -0.25) is 9.78 Å². The Labute approximate surface area is 253 Å². The average Bonchev–Trinajstić information content (AvgIpc) is 3.32. The van der Waals surface area contributed by atoms with E-state index in [0.29, 0.717) is 0 Å². The Bertz CT molecular complexity index is 1470. The third-order valence-corrected chi connectivity index (χ3v) is 8.50. The number of allylic oxidation sites excluding steroid dienone is 2. The fourth-order valence-electron chi connectivity index (χ4n) is 4.75. The van der Waals surface area contributed by atoms with Crippen molar-refractivity contribution in [3.8, 4) is 11.3 Å². The number of hydrogen-bond acceptors (Lipinski definition) is 4. The molecule has 0 fully saturated rings. The van der Waals surface area contributed by atoms with Crippen molar-refractivity contribution in [1.82, 2.24) is 4.98 Å². The molecule has 0 aliphatic heterocycles. The molecule has 4 aromatic rings. The van der Waals surface area contributed by atoms with E-state index in [1.165, 1.54) is 11.6 Å². The number of benzene rings is 2. The minimum Gasteiger partial charge on any atom is -0.512 e. The van der Waals surface area contributed by atoms with Crippen LogP contribution in [0, 0.1) is 37.7 Å². The van der Waals surface area contributed by atoms with Gasteiger partial charge in [-0.2, -0.15) is 0 Å². The van der Waals surface area contributed by atoms with Gasteiger partial charge in [0.15, 0.2) is 5.78 Å². The van der Waals surface area contributed by atoms with Gasteiger partial charge in [-0.25, -0.2) is 0 Å². The molecule has 4 nitrogen and oxygen atoms in total. The second-order valence-electron chi connectivity index (χ2n) is 11.3. The van der Waals surface area contributed by atoms with Crippen LogP contribution in [0.3, 0.4) is 0 Å². The van der Waals surface area contributed by atoms with E-state index >= 15 is 0 Å². The number of aliphatic hydroxyl groups is 1. The largest absolute Gasteiger partial charge is 0.512 e. The van der Waals surface area contributed by atoms with Crippen molar-refractivity contribution in [2.24, 2.45) is 10.8 Å². The number of carbonyl (C=O) groups excluding carboxylic acids is 1. The number of rotatable bonds is 8. The van der Waals surface area contributed by atoms with Crippen molar-refractivity contribution in [3.63, 3.8) is 0 Å². The summed E-state index contributed by atoms with van der Waals surface area (Å²) >= 11 is 0. The van der Waals surface area contributed by atoms with Crippen molar-refractivity contribution in [3.05, 3.63) is 77.3 Å². The Morgan fingerprint density at radius 1 is 0.925 bits per heavy atom. The third-order valence-electron chi connectivity index (χ3n) is 8.50. The van der Waals surface area contributed by atoms with Crippen LogP contribution < -0.4 is 0 Å². The van der Waals surface area contributed by atoms with E-state index in [2.05, 4.69) is 44.2 Å². The van der Waals surface area contributed by atoms with E-state index in [1.54, 1.807) is 0 Å². The Morgan fingerprint density at radius 3 is 2.10 bits per heavy atom. The van der Waals surface area contributed by atoms with E-state index in [1.807, 2.05) is 66.7 Å². The van der Waals surface area contributed by atoms with E-state index in [4.69, 9.17) is 9.40 Å². The fourth-order valence-corrected chi connectivity index (χ4v) is 4.75. The van der Waals surface area contributed by atoms with Crippen LogP contribution in [0.4, 0.5) is 0 Å². The number of aromatic nitrogens is 1. The van der Waals surface area contributed by atoms with Gasteiger partial charge in [-0.05, 0) is 44.7 Å². The second kappa shape index (κ2) is 13.7. The maximum atomic E-state index is 12.2. The summed E-state index contributed by atoms with van der Waals surface area (Å²) in [5.74, 6) is 1.19. The number of hydrogen-bond donors (Lipinski definition) is 1. The van der Waals surface area contributed by atoms with E-state index < -0.39 is 0 Å². The van der Waals surface area contributed by atoms with Crippen LogP contribution >= 0.6 is 0 Å². The van der Waals surface area contributed by atoms with Gasteiger partial charge in [0.25, 0.3) is 0 Å². The number of carbonyl (C=O) groups is 1. The predicted octanol–water partition coefficient (Wildman–Crippen LogP) is 10.0. The topological polar surface area (TPSA) is 63.3 Å². The Morgan fingerprint density at radius 2 is 1.52 bits per heavy atom. The molecule has 5 heteroatoms. The number of furan rings is 1. The van der Waals surface area contributed by atoms with Gasteiger partial charge >= 0.3 is 0 Å². The van der Waals surface area contributed by atoms with Crippen molar-refractivity contribution in [2.75, 3.05) is 0 Å². The van der Waals surface area contributed by atoms with Crippen LogP contribution in [-0.2, 0) is 24.9 Å². The van der Waals surface area contributed by atoms with Crippen molar-refractivity contribution < 1.29 is 34.4 Å². The number of aliphatic hydroxyl groups excluding tert-OH is 1. The predicted molar refractivity (Wildman–Crippen MR) is 163 cm³/mol. The standard InChI is InChI=1S/C20H16NO.C15H28O2.Ir/c1-12-8-13(2)10-15(9-12)19-20-17(11-14(3)22-20)16-6-4-5-7-18(16)21-19;1-7-14(5,8-2)12(16)11-13(17)15(6,9-3)10-4;/h4-9,11H,1-3H3;11,16H,7-10H2,1-6H3;/q-1;;/b;12-11-;. The van der Waals surface area contributed by atoms with Crippen LogP contribution in [0.15, 0.2) is 58.7 Å². The number of aryl methyl sites for hydroxylation is 3. The first-order chi connectivity index (χ1) is 18.4. The van der Waals surface area contributed by atoms with Gasteiger partial charge in [0, 0.05) is 53.5 Å². The first kappa shape index (κ1) is 33.5. The zero-order valence-electron chi connectivity index (χ0n) is 25.5. The average molecular weight is 719 g/mol. The summed E-state index contributed by atoms with van der Waals surface area (Å²) in [5, 5.41) is 12.4. The molecule has 1 N–H and O–H groups in total. The van der Waals surface area contributed by atoms with E-state index in [9.17, 15) is 9.90 Å². The van der Waals surface area contributed by atoms with Gasteiger partial charge in [0.05, 0.1) is 5.52 Å². The second-order valence-corrected chi connectivity index (χ2v) is 11.3. The zero-order chi connectivity index (χ0) is 29.0. The van der Waals surface area contributed by atoms with Crippen molar-refractivity contribution >= 4 is 27.7 Å². The SMILES string of the molecule is CCC(C)(CC)C(=O)/C=C(\O)C(C)(CC)CC.Cc1[c-]c(-c2nc3ccccc3c3cc(C)oc23)cc(C)c1.[Ir]. The summed E-state index contributed by atoms with van der Waals surface area (Å²) in [6.45, 7) is 18.2. The zero-order valence-corrected chi connectivity index (χ0v) is 27.9. The molecule has 0 aliphatic rings. The molecular weight excluding hydrogens is 675 g/mol. The summed E-state index contributed by atoms with van der Waals surface area (Å²) in [5.41, 5.74) is 5.40. The van der Waals surface area contributed by atoms with Gasteiger partial charge in [0.1, 0.15) is 17.1 Å². The molecular formula is C35H44IrNO3-. The molecule has 0 atom stereocenters. The van der Waals surface area contributed by atoms with Crippen molar-refractivity contribution in [2.45, 2.75) is 88.0 Å². The van der Waals surface area contributed by atoms with Gasteiger partial charge < -0.3 is 9.52 Å². The number of fused-ring (bicyclic) bond motifs is 3. The van der Waals surface area contributed by atoms with Crippen LogP contribution in [0.5, 0.6) is 0 Å². The van der Waals surface area contributed by atoms with E-state index in [-0.39, 0.29) is 42.5 Å². The number of pyridine rings is 1. The van der Waals surface area contributed by atoms with Gasteiger partial charge in [-0.1, -0.05) is 73.6 Å². The molecule has 2 aromatic carbocycles. The summed E-state index contributed by atoms with van der Waals surface area (Å²) in [6, 6.07) is 17.9. The number of para-hydroxylation sites is 1. The molecule has 0 amide bonds.